The van der Waals surface area contributed by atoms with E-state index in [1.54, 1.807) is 30.5 Å². The number of rotatable bonds is 9. The van der Waals surface area contributed by atoms with Crippen LogP contribution in [0.3, 0.4) is 0 Å². The molecule has 8 nitrogen and oxygen atoms in total. The van der Waals surface area contributed by atoms with Crippen molar-refractivity contribution in [3.63, 3.8) is 0 Å². The maximum absolute atomic E-state index is 12.9. The number of sulfonamides is 1. The second kappa shape index (κ2) is 10.4. The van der Waals surface area contributed by atoms with E-state index in [2.05, 4.69) is 17.2 Å². The number of nitrogens with zero attached hydrogens (tertiary/aromatic N) is 2. The molecule has 2 heterocycles. The van der Waals surface area contributed by atoms with Crippen molar-refractivity contribution in [2.75, 3.05) is 17.2 Å². The van der Waals surface area contributed by atoms with Gasteiger partial charge in [-0.15, -0.1) is 0 Å². The van der Waals surface area contributed by atoms with Gasteiger partial charge in [-0.1, -0.05) is 13.0 Å². The molecule has 1 atom stereocenters. The Kier molecular flexibility index (Phi) is 7.25. The number of anilines is 1. The van der Waals surface area contributed by atoms with Crippen molar-refractivity contribution in [3.8, 4) is 17.4 Å². The zero-order valence-electron chi connectivity index (χ0n) is 20.0. The van der Waals surface area contributed by atoms with Crippen molar-refractivity contribution in [2.24, 2.45) is 0 Å². The number of carbonyl (C=O) groups is 1. The van der Waals surface area contributed by atoms with Crippen molar-refractivity contribution < 1.29 is 22.7 Å². The summed E-state index contributed by atoms with van der Waals surface area (Å²) in [6.07, 6.45) is 4.33. The molecule has 0 aliphatic carbocycles. The topological polar surface area (TPSA) is 97.8 Å². The Balaban J connectivity index is 1.43. The van der Waals surface area contributed by atoms with Gasteiger partial charge < -0.3 is 14.8 Å². The van der Waals surface area contributed by atoms with Gasteiger partial charge in [-0.25, -0.2) is 13.4 Å². The Hall–Kier alpha value is -3.59. The number of amides is 1. The molecule has 0 fully saturated rings. The first-order valence-electron chi connectivity index (χ1n) is 11.5. The minimum absolute atomic E-state index is 0.180. The van der Waals surface area contributed by atoms with Crippen molar-refractivity contribution >= 4 is 21.6 Å². The molecule has 1 aliphatic heterocycles. The van der Waals surface area contributed by atoms with E-state index >= 15 is 0 Å². The molecule has 1 aliphatic rings. The second-order valence-corrected chi connectivity index (χ2v) is 10.4. The summed E-state index contributed by atoms with van der Waals surface area (Å²) in [5.74, 6) is 1.53. The molecule has 0 radical (unpaired) electrons. The monoisotopic (exact) mass is 495 g/mol. The van der Waals surface area contributed by atoms with Gasteiger partial charge in [0.25, 0.3) is 5.91 Å². The van der Waals surface area contributed by atoms with Gasteiger partial charge in [0.2, 0.25) is 15.9 Å². The zero-order chi connectivity index (χ0) is 25.0. The van der Waals surface area contributed by atoms with Gasteiger partial charge >= 0.3 is 0 Å². The summed E-state index contributed by atoms with van der Waals surface area (Å²) < 4.78 is 37.2. The highest BCUT2D eigenvalue weighted by atomic mass is 32.2. The summed E-state index contributed by atoms with van der Waals surface area (Å²) in [6.45, 7) is 4.79. The average Bonchev–Trinajstić information content (AvgIpc) is 3.18. The fourth-order valence-electron chi connectivity index (χ4n) is 4.11. The highest BCUT2D eigenvalue weighted by molar-refractivity contribution is 7.92. The number of aromatic nitrogens is 1. The van der Waals surface area contributed by atoms with Crippen LogP contribution in [0.2, 0.25) is 0 Å². The Labute approximate surface area is 206 Å². The van der Waals surface area contributed by atoms with Crippen LogP contribution in [0.25, 0.3) is 0 Å². The van der Waals surface area contributed by atoms with Crippen molar-refractivity contribution in [3.05, 3.63) is 77.5 Å². The molecule has 0 bridgehead atoms. The first-order chi connectivity index (χ1) is 16.8. The van der Waals surface area contributed by atoms with Crippen LogP contribution in [0.15, 0.2) is 60.8 Å². The highest BCUT2D eigenvalue weighted by Gasteiger charge is 2.32. The van der Waals surface area contributed by atoms with E-state index < -0.39 is 10.0 Å². The van der Waals surface area contributed by atoms with Gasteiger partial charge in [-0.3, -0.25) is 9.10 Å². The lowest BCUT2D eigenvalue weighted by Gasteiger charge is -2.21. The number of nitrogens with one attached hydrogen (secondary N) is 1. The molecule has 2 aromatic carbocycles. The lowest BCUT2D eigenvalue weighted by molar-refractivity contribution is 0.0950. The predicted octanol–water partition coefficient (Wildman–Crippen LogP) is 4.30. The van der Waals surface area contributed by atoms with Crippen LogP contribution in [0.5, 0.6) is 17.4 Å². The fourth-order valence-corrected chi connectivity index (χ4v) is 5.38. The van der Waals surface area contributed by atoms with E-state index in [1.807, 2.05) is 37.3 Å². The number of fused-ring (bicyclic) bond motifs is 1. The first kappa shape index (κ1) is 24.5. The Morgan fingerprint density at radius 1 is 1.14 bits per heavy atom. The number of benzene rings is 2. The standard InChI is InChI=1S/C26H29N3O5S/c1-4-14-33-22-8-10-23(11-9-22)34-26-20(6-5-13-27-26)17-28-25(30)19-7-12-24-21(16-19)15-18(2)29(24)35(3,31)32/h5-13,16,18H,4,14-15,17H2,1-3H3,(H,28,30). The van der Waals surface area contributed by atoms with Gasteiger partial charge in [0.15, 0.2) is 0 Å². The van der Waals surface area contributed by atoms with Crippen molar-refractivity contribution in [1.82, 2.24) is 10.3 Å². The van der Waals surface area contributed by atoms with E-state index in [1.165, 1.54) is 10.6 Å². The molecule has 3 aromatic rings. The van der Waals surface area contributed by atoms with E-state index in [0.29, 0.717) is 35.9 Å². The lowest BCUT2D eigenvalue weighted by Crippen LogP contribution is -2.34. The molecular weight excluding hydrogens is 466 g/mol. The molecule has 1 amide bonds. The van der Waals surface area contributed by atoms with Gasteiger partial charge in [0.1, 0.15) is 11.5 Å². The summed E-state index contributed by atoms with van der Waals surface area (Å²) in [7, 11) is -3.38. The van der Waals surface area contributed by atoms with Crippen LogP contribution in [-0.4, -0.2) is 38.2 Å². The molecular formula is C26H29N3O5S. The number of pyridine rings is 1. The molecule has 184 valence electrons. The summed E-state index contributed by atoms with van der Waals surface area (Å²) in [6, 6.07) is 15.9. The van der Waals surface area contributed by atoms with E-state index in [4.69, 9.17) is 9.47 Å². The van der Waals surface area contributed by atoms with Crippen LogP contribution in [0.1, 0.15) is 41.8 Å². The van der Waals surface area contributed by atoms with Crippen molar-refractivity contribution in [2.45, 2.75) is 39.3 Å². The third kappa shape index (κ3) is 5.74. The highest BCUT2D eigenvalue weighted by Crippen LogP contribution is 2.34. The van der Waals surface area contributed by atoms with Gasteiger partial charge in [-0.2, -0.15) is 0 Å². The van der Waals surface area contributed by atoms with Crippen LogP contribution in [-0.2, 0) is 23.0 Å². The number of ether oxygens (including phenoxy) is 2. The Morgan fingerprint density at radius 2 is 1.89 bits per heavy atom. The SMILES string of the molecule is CCCOc1ccc(Oc2ncccc2CNC(=O)c2ccc3c(c2)CC(C)N3S(C)(=O)=O)cc1. The third-order valence-corrected chi connectivity index (χ3v) is 6.92. The first-order valence-corrected chi connectivity index (χ1v) is 13.4. The second-order valence-electron chi connectivity index (χ2n) is 8.53. The summed E-state index contributed by atoms with van der Waals surface area (Å²) in [5.41, 5.74) is 2.67. The molecule has 1 unspecified atom stereocenters. The molecule has 0 spiro atoms. The third-order valence-electron chi connectivity index (χ3n) is 5.65. The van der Waals surface area contributed by atoms with Gasteiger partial charge in [-0.05, 0) is 73.9 Å². The van der Waals surface area contributed by atoms with E-state index in [0.717, 1.165) is 23.3 Å². The maximum Gasteiger partial charge on any atom is 0.251 e. The largest absolute Gasteiger partial charge is 0.494 e. The minimum atomic E-state index is -3.38. The van der Waals surface area contributed by atoms with Crippen LogP contribution >= 0.6 is 0 Å². The summed E-state index contributed by atoms with van der Waals surface area (Å²) in [5, 5.41) is 2.91. The summed E-state index contributed by atoms with van der Waals surface area (Å²) >= 11 is 0. The molecule has 0 saturated heterocycles. The normalized spacial score (nSPS) is 14.9. The summed E-state index contributed by atoms with van der Waals surface area (Å²) in [4.78, 5) is 17.2. The Bertz CT molecular complexity index is 1310. The van der Waals surface area contributed by atoms with Crippen LogP contribution in [0, 0.1) is 0 Å². The average molecular weight is 496 g/mol. The molecule has 4 rings (SSSR count). The predicted molar refractivity (Wildman–Crippen MR) is 135 cm³/mol. The quantitative estimate of drug-likeness (QED) is 0.475. The van der Waals surface area contributed by atoms with Crippen molar-refractivity contribution in [1.29, 1.82) is 0 Å². The fraction of sp³-hybridized carbons (Fsp3) is 0.308. The number of carbonyl (C=O) groups excluding carboxylic acids is 1. The molecule has 35 heavy (non-hydrogen) atoms. The smallest absolute Gasteiger partial charge is 0.251 e. The number of hydrogen-bond acceptors (Lipinski definition) is 6. The van der Waals surface area contributed by atoms with Gasteiger partial charge in [0.05, 0.1) is 18.6 Å². The van der Waals surface area contributed by atoms with Crippen LogP contribution in [0.4, 0.5) is 5.69 Å². The molecule has 9 heteroatoms. The Morgan fingerprint density at radius 3 is 2.60 bits per heavy atom. The molecule has 1 aromatic heterocycles. The lowest BCUT2D eigenvalue weighted by atomic mass is 10.1. The minimum Gasteiger partial charge on any atom is -0.494 e. The zero-order valence-corrected chi connectivity index (χ0v) is 20.8. The molecule has 1 N–H and O–H groups in total. The van der Waals surface area contributed by atoms with Crippen LogP contribution < -0.4 is 19.1 Å². The molecule has 0 saturated carbocycles. The van der Waals surface area contributed by atoms with E-state index in [-0.39, 0.29) is 18.5 Å². The number of hydrogen-bond donors (Lipinski definition) is 1. The van der Waals surface area contributed by atoms with Gasteiger partial charge in [0, 0.05) is 29.9 Å². The maximum atomic E-state index is 12.9. The van der Waals surface area contributed by atoms with E-state index in [9.17, 15) is 13.2 Å².